The van der Waals surface area contributed by atoms with Gasteiger partial charge in [0.15, 0.2) is 0 Å². The van der Waals surface area contributed by atoms with E-state index in [9.17, 15) is 19.7 Å². The number of hydrogen-bond acceptors (Lipinski definition) is 5. The monoisotopic (exact) mass is 340 g/mol. The van der Waals surface area contributed by atoms with Gasteiger partial charge in [-0.3, -0.25) is 14.9 Å². The maximum absolute atomic E-state index is 12.3. The highest BCUT2D eigenvalue weighted by molar-refractivity contribution is 6.32. The Balaban J connectivity index is 2.12. The molecule has 1 atom stereocenters. The van der Waals surface area contributed by atoms with E-state index >= 15 is 0 Å². The molecule has 0 spiro atoms. The van der Waals surface area contributed by atoms with E-state index in [4.69, 9.17) is 16.3 Å². The normalized spacial score (nSPS) is 17.7. The zero-order valence-corrected chi connectivity index (χ0v) is 13.4. The third-order valence-electron chi connectivity index (χ3n) is 3.73. The Morgan fingerprint density at radius 1 is 1.43 bits per heavy atom. The molecule has 23 heavy (non-hydrogen) atoms. The minimum atomic E-state index is -0.620. The first kappa shape index (κ1) is 17.2. The number of nitro benzene ring substituents is 1. The number of piperidine rings is 1. The molecule has 1 saturated heterocycles. The number of rotatable bonds is 4. The van der Waals surface area contributed by atoms with Crippen molar-refractivity contribution in [3.05, 3.63) is 33.3 Å². The number of likely N-dealkylation sites (tertiary alicyclic amines) is 1. The van der Waals surface area contributed by atoms with Crippen molar-refractivity contribution in [3.63, 3.8) is 0 Å². The van der Waals surface area contributed by atoms with Crippen LogP contribution in [0.2, 0.25) is 5.02 Å². The zero-order valence-electron chi connectivity index (χ0n) is 12.7. The quantitative estimate of drug-likeness (QED) is 0.364. The Morgan fingerprint density at radius 2 is 2.17 bits per heavy atom. The topological polar surface area (TPSA) is 89.8 Å². The van der Waals surface area contributed by atoms with Crippen molar-refractivity contribution in [2.24, 2.45) is 0 Å². The Morgan fingerprint density at radius 3 is 2.78 bits per heavy atom. The van der Waals surface area contributed by atoms with Crippen LogP contribution in [0.3, 0.4) is 0 Å². The molecule has 7 nitrogen and oxygen atoms in total. The maximum Gasteiger partial charge on any atom is 0.334 e. The maximum atomic E-state index is 12.3. The number of ether oxygens (including phenoxy) is 1. The SMILES string of the molecule is CCC(=O)N1CCCCC1C(=O)Oc1ccc([N+](=O)[O-])c(Cl)c1. The molecule has 1 aromatic rings. The second-order valence-electron chi connectivity index (χ2n) is 5.24. The summed E-state index contributed by atoms with van der Waals surface area (Å²) in [7, 11) is 0. The first-order valence-corrected chi connectivity index (χ1v) is 7.77. The van der Waals surface area contributed by atoms with Gasteiger partial charge in [0.2, 0.25) is 5.91 Å². The second kappa shape index (κ2) is 7.41. The van der Waals surface area contributed by atoms with E-state index in [0.29, 0.717) is 19.4 Å². The summed E-state index contributed by atoms with van der Waals surface area (Å²) < 4.78 is 5.25. The molecule has 1 fully saturated rings. The number of carbonyl (C=O) groups is 2. The summed E-state index contributed by atoms with van der Waals surface area (Å²) in [6.45, 7) is 2.28. The molecule has 0 radical (unpaired) electrons. The molecule has 2 rings (SSSR count). The highest BCUT2D eigenvalue weighted by Crippen LogP contribution is 2.29. The summed E-state index contributed by atoms with van der Waals surface area (Å²) in [6, 6.07) is 3.11. The summed E-state index contributed by atoms with van der Waals surface area (Å²) in [5, 5.41) is 10.6. The van der Waals surface area contributed by atoms with Crippen molar-refractivity contribution in [1.82, 2.24) is 4.90 Å². The van der Waals surface area contributed by atoms with Gasteiger partial charge in [-0.15, -0.1) is 0 Å². The summed E-state index contributed by atoms with van der Waals surface area (Å²) in [4.78, 5) is 35.9. The summed E-state index contributed by atoms with van der Waals surface area (Å²) in [6.07, 6.45) is 2.57. The van der Waals surface area contributed by atoms with E-state index in [2.05, 4.69) is 0 Å². The fourth-order valence-corrected chi connectivity index (χ4v) is 2.80. The van der Waals surface area contributed by atoms with Crippen LogP contribution in [0, 0.1) is 10.1 Å². The van der Waals surface area contributed by atoms with E-state index in [0.717, 1.165) is 12.8 Å². The van der Waals surface area contributed by atoms with Crippen molar-refractivity contribution in [2.45, 2.75) is 38.6 Å². The van der Waals surface area contributed by atoms with Crippen molar-refractivity contribution in [3.8, 4) is 5.75 Å². The molecule has 1 aliphatic rings. The molecular weight excluding hydrogens is 324 g/mol. The fourth-order valence-electron chi connectivity index (χ4n) is 2.56. The van der Waals surface area contributed by atoms with E-state index in [1.807, 2.05) is 0 Å². The van der Waals surface area contributed by atoms with E-state index < -0.39 is 16.9 Å². The average Bonchev–Trinajstić information content (AvgIpc) is 2.53. The number of esters is 1. The summed E-state index contributed by atoms with van der Waals surface area (Å²) in [5.41, 5.74) is -0.257. The van der Waals surface area contributed by atoms with Gasteiger partial charge in [-0.25, -0.2) is 4.79 Å². The van der Waals surface area contributed by atoms with Crippen LogP contribution < -0.4 is 4.74 Å². The van der Waals surface area contributed by atoms with Gasteiger partial charge in [-0.1, -0.05) is 18.5 Å². The number of carbonyl (C=O) groups excluding carboxylic acids is 2. The third kappa shape index (κ3) is 3.98. The molecular formula is C15H17ClN2O5. The average molecular weight is 341 g/mol. The molecule has 124 valence electrons. The van der Waals surface area contributed by atoms with Crippen LogP contribution in [-0.4, -0.2) is 34.3 Å². The predicted octanol–water partition coefficient (Wildman–Crippen LogP) is 2.94. The smallest absolute Gasteiger partial charge is 0.334 e. The van der Waals surface area contributed by atoms with E-state index in [-0.39, 0.29) is 22.4 Å². The van der Waals surface area contributed by atoms with Gasteiger partial charge in [0.25, 0.3) is 5.69 Å². The van der Waals surface area contributed by atoms with Crippen LogP contribution in [-0.2, 0) is 9.59 Å². The van der Waals surface area contributed by atoms with Crippen LogP contribution in [0.25, 0.3) is 0 Å². The van der Waals surface area contributed by atoms with Crippen LogP contribution in [0.15, 0.2) is 18.2 Å². The van der Waals surface area contributed by atoms with Crippen LogP contribution >= 0.6 is 11.6 Å². The molecule has 1 amide bonds. The minimum absolute atomic E-state index is 0.0895. The van der Waals surface area contributed by atoms with Gasteiger partial charge >= 0.3 is 5.97 Å². The highest BCUT2D eigenvalue weighted by Gasteiger charge is 2.33. The van der Waals surface area contributed by atoms with Gasteiger partial charge in [0.05, 0.1) is 4.92 Å². The molecule has 1 heterocycles. The van der Waals surface area contributed by atoms with Gasteiger partial charge < -0.3 is 9.64 Å². The van der Waals surface area contributed by atoms with Crippen molar-refractivity contribution in [1.29, 1.82) is 0 Å². The third-order valence-corrected chi connectivity index (χ3v) is 4.03. The molecule has 1 aromatic carbocycles. The lowest BCUT2D eigenvalue weighted by Gasteiger charge is -2.33. The van der Waals surface area contributed by atoms with Crippen molar-refractivity contribution < 1.29 is 19.2 Å². The molecule has 0 bridgehead atoms. The molecule has 1 aliphatic heterocycles. The van der Waals surface area contributed by atoms with Crippen molar-refractivity contribution in [2.75, 3.05) is 6.54 Å². The lowest BCUT2D eigenvalue weighted by molar-refractivity contribution is -0.384. The van der Waals surface area contributed by atoms with Crippen LogP contribution in [0.5, 0.6) is 5.75 Å². The number of halogens is 1. The summed E-state index contributed by atoms with van der Waals surface area (Å²) in [5.74, 6) is -0.509. The van der Waals surface area contributed by atoms with Crippen LogP contribution in [0.4, 0.5) is 5.69 Å². The zero-order chi connectivity index (χ0) is 17.0. The predicted molar refractivity (Wildman–Crippen MR) is 83.4 cm³/mol. The first-order chi connectivity index (χ1) is 10.9. The molecule has 8 heteroatoms. The highest BCUT2D eigenvalue weighted by atomic mass is 35.5. The Hall–Kier alpha value is -2.15. The standard InChI is InChI=1S/C15H17ClN2O5/c1-2-14(19)17-8-4-3-5-13(17)15(20)23-10-6-7-12(18(21)22)11(16)9-10/h6-7,9,13H,2-5,8H2,1H3. The summed E-state index contributed by atoms with van der Waals surface area (Å²) >= 11 is 5.80. The number of nitro groups is 1. The molecule has 0 saturated carbocycles. The number of hydrogen-bond donors (Lipinski definition) is 0. The van der Waals surface area contributed by atoms with Crippen LogP contribution in [0.1, 0.15) is 32.6 Å². The Labute approximate surface area is 138 Å². The van der Waals surface area contributed by atoms with E-state index in [1.165, 1.54) is 18.2 Å². The van der Waals surface area contributed by atoms with Gasteiger partial charge in [0.1, 0.15) is 16.8 Å². The molecule has 0 aromatic heterocycles. The second-order valence-corrected chi connectivity index (χ2v) is 5.65. The fraction of sp³-hybridized carbons (Fsp3) is 0.467. The van der Waals surface area contributed by atoms with E-state index in [1.54, 1.807) is 11.8 Å². The Kier molecular flexibility index (Phi) is 5.54. The first-order valence-electron chi connectivity index (χ1n) is 7.39. The van der Waals surface area contributed by atoms with Gasteiger partial charge in [-0.2, -0.15) is 0 Å². The van der Waals surface area contributed by atoms with Gasteiger partial charge in [-0.05, 0) is 25.3 Å². The minimum Gasteiger partial charge on any atom is -0.425 e. The molecule has 0 N–H and O–H groups in total. The molecule has 0 aliphatic carbocycles. The van der Waals surface area contributed by atoms with Crippen molar-refractivity contribution >= 4 is 29.2 Å². The lowest BCUT2D eigenvalue weighted by atomic mass is 10.0. The lowest BCUT2D eigenvalue weighted by Crippen LogP contribution is -2.49. The number of amides is 1. The largest absolute Gasteiger partial charge is 0.425 e. The van der Waals surface area contributed by atoms with Gasteiger partial charge in [0, 0.05) is 25.1 Å². The molecule has 1 unspecified atom stereocenters. The number of benzene rings is 1. The number of nitrogens with zero attached hydrogens (tertiary/aromatic N) is 2. The Bertz CT molecular complexity index is 634.